The second-order valence-electron chi connectivity index (χ2n) is 5.30. The third-order valence-corrected chi connectivity index (χ3v) is 3.97. The highest BCUT2D eigenvalue weighted by Gasteiger charge is 2.28. The number of halogens is 1. The van der Waals surface area contributed by atoms with Gasteiger partial charge in [0.15, 0.2) is 0 Å². The summed E-state index contributed by atoms with van der Waals surface area (Å²) < 4.78 is 14.0. The van der Waals surface area contributed by atoms with Gasteiger partial charge in [0.2, 0.25) is 0 Å². The van der Waals surface area contributed by atoms with Gasteiger partial charge < -0.3 is 10.6 Å². The summed E-state index contributed by atoms with van der Waals surface area (Å²) in [6.45, 7) is 9.19. The zero-order valence-corrected chi connectivity index (χ0v) is 11.8. The van der Waals surface area contributed by atoms with Gasteiger partial charge >= 0.3 is 0 Å². The van der Waals surface area contributed by atoms with Gasteiger partial charge in [0, 0.05) is 37.8 Å². The molecular formula is C15H24FN3. The lowest BCUT2D eigenvalue weighted by Gasteiger charge is -2.40. The Labute approximate surface area is 115 Å². The van der Waals surface area contributed by atoms with Crippen LogP contribution in [0.15, 0.2) is 24.3 Å². The fraction of sp³-hybridized carbons (Fsp3) is 0.600. The van der Waals surface area contributed by atoms with E-state index in [1.54, 1.807) is 6.07 Å². The number of piperazine rings is 1. The first-order chi connectivity index (χ1) is 9.13. The van der Waals surface area contributed by atoms with Gasteiger partial charge in [-0.05, 0) is 19.5 Å². The monoisotopic (exact) mass is 265 g/mol. The molecule has 106 valence electrons. The Morgan fingerprint density at radius 2 is 1.84 bits per heavy atom. The molecular weight excluding hydrogens is 241 g/mol. The van der Waals surface area contributed by atoms with E-state index in [9.17, 15) is 4.39 Å². The van der Waals surface area contributed by atoms with Crippen molar-refractivity contribution in [3.05, 3.63) is 35.6 Å². The molecule has 3 nitrogen and oxygen atoms in total. The van der Waals surface area contributed by atoms with E-state index in [4.69, 9.17) is 5.73 Å². The third kappa shape index (κ3) is 3.32. The minimum absolute atomic E-state index is 0.0276. The fourth-order valence-corrected chi connectivity index (χ4v) is 2.89. The van der Waals surface area contributed by atoms with Gasteiger partial charge in [0.05, 0.1) is 6.04 Å². The van der Waals surface area contributed by atoms with Crippen LogP contribution in [0.3, 0.4) is 0 Å². The SMILES string of the molecule is CCN1CCN(C(c2ccccc2F)C(C)N)CC1. The summed E-state index contributed by atoms with van der Waals surface area (Å²) in [4.78, 5) is 4.73. The Hall–Kier alpha value is -0.970. The quantitative estimate of drug-likeness (QED) is 0.902. The standard InChI is InChI=1S/C15H24FN3/c1-3-18-8-10-19(11-9-18)15(12(2)17)13-6-4-5-7-14(13)16/h4-7,12,15H,3,8-11,17H2,1-2H3. The van der Waals surface area contributed by atoms with Crippen molar-refractivity contribution in [2.75, 3.05) is 32.7 Å². The third-order valence-electron chi connectivity index (χ3n) is 3.97. The van der Waals surface area contributed by atoms with E-state index in [0.29, 0.717) is 0 Å². The van der Waals surface area contributed by atoms with Crippen LogP contribution in [-0.4, -0.2) is 48.6 Å². The minimum Gasteiger partial charge on any atom is -0.326 e. The maximum Gasteiger partial charge on any atom is 0.128 e. The van der Waals surface area contributed by atoms with Crippen LogP contribution >= 0.6 is 0 Å². The number of hydrogen-bond donors (Lipinski definition) is 1. The summed E-state index contributed by atoms with van der Waals surface area (Å²) in [5.41, 5.74) is 6.84. The lowest BCUT2D eigenvalue weighted by Crippen LogP contribution is -2.50. The van der Waals surface area contributed by atoms with Gasteiger partial charge in [-0.15, -0.1) is 0 Å². The Kier molecular flexibility index (Phi) is 4.91. The van der Waals surface area contributed by atoms with Crippen molar-refractivity contribution in [1.82, 2.24) is 9.80 Å². The highest BCUT2D eigenvalue weighted by atomic mass is 19.1. The van der Waals surface area contributed by atoms with Crippen LogP contribution in [0.5, 0.6) is 0 Å². The van der Waals surface area contributed by atoms with Gasteiger partial charge in [0.25, 0.3) is 0 Å². The predicted octanol–water partition coefficient (Wildman–Crippen LogP) is 1.85. The highest BCUT2D eigenvalue weighted by Crippen LogP contribution is 2.26. The van der Waals surface area contributed by atoms with Gasteiger partial charge in [-0.2, -0.15) is 0 Å². The normalized spacial score (nSPS) is 21.3. The predicted molar refractivity (Wildman–Crippen MR) is 76.5 cm³/mol. The number of nitrogens with zero attached hydrogens (tertiary/aromatic N) is 2. The first-order valence-electron chi connectivity index (χ1n) is 7.10. The summed E-state index contributed by atoms with van der Waals surface area (Å²) >= 11 is 0. The van der Waals surface area contributed by atoms with Crippen molar-refractivity contribution in [2.24, 2.45) is 5.73 Å². The van der Waals surface area contributed by atoms with Crippen LogP contribution in [0.4, 0.5) is 4.39 Å². The molecule has 0 spiro atoms. The summed E-state index contributed by atoms with van der Waals surface area (Å²) in [5, 5.41) is 0. The van der Waals surface area contributed by atoms with Crippen LogP contribution in [-0.2, 0) is 0 Å². The number of nitrogens with two attached hydrogens (primary N) is 1. The molecule has 1 aromatic rings. The van der Waals surface area contributed by atoms with E-state index in [0.717, 1.165) is 38.3 Å². The van der Waals surface area contributed by atoms with Crippen LogP contribution in [0.2, 0.25) is 0 Å². The summed E-state index contributed by atoms with van der Waals surface area (Å²) in [5.74, 6) is -0.150. The van der Waals surface area contributed by atoms with E-state index in [-0.39, 0.29) is 17.9 Å². The average molecular weight is 265 g/mol. The molecule has 19 heavy (non-hydrogen) atoms. The largest absolute Gasteiger partial charge is 0.326 e. The molecule has 4 heteroatoms. The average Bonchev–Trinajstić information content (AvgIpc) is 2.42. The Morgan fingerprint density at radius 1 is 1.21 bits per heavy atom. The molecule has 1 heterocycles. The van der Waals surface area contributed by atoms with Crippen molar-refractivity contribution in [3.63, 3.8) is 0 Å². The zero-order valence-electron chi connectivity index (χ0n) is 11.8. The lowest BCUT2D eigenvalue weighted by molar-refractivity contribution is 0.0882. The number of benzene rings is 1. The van der Waals surface area contributed by atoms with Crippen LogP contribution < -0.4 is 5.73 Å². The molecule has 0 bridgehead atoms. The number of rotatable bonds is 4. The maximum absolute atomic E-state index is 14.0. The maximum atomic E-state index is 14.0. The molecule has 0 saturated carbocycles. The molecule has 0 aliphatic carbocycles. The van der Waals surface area contributed by atoms with E-state index in [2.05, 4.69) is 16.7 Å². The lowest BCUT2D eigenvalue weighted by atomic mass is 9.98. The molecule has 2 atom stereocenters. The second kappa shape index (κ2) is 6.46. The van der Waals surface area contributed by atoms with Crippen LogP contribution in [0.1, 0.15) is 25.5 Å². The Balaban J connectivity index is 2.16. The topological polar surface area (TPSA) is 32.5 Å². The van der Waals surface area contributed by atoms with Crippen molar-refractivity contribution in [3.8, 4) is 0 Å². The first-order valence-corrected chi connectivity index (χ1v) is 7.10. The summed E-state index contributed by atoms with van der Waals surface area (Å²) in [7, 11) is 0. The molecule has 2 rings (SSSR count). The molecule has 1 aliphatic rings. The molecule has 0 radical (unpaired) electrons. The zero-order chi connectivity index (χ0) is 13.8. The molecule has 2 N–H and O–H groups in total. The van der Waals surface area contributed by atoms with Crippen LogP contribution in [0, 0.1) is 5.82 Å². The summed E-state index contributed by atoms with van der Waals surface area (Å²) in [6, 6.07) is 6.88. The van der Waals surface area contributed by atoms with E-state index >= 15 is 0 Å². The first kappa shape index (κ1) is 14.4. The molecule has 2 unspecified atom stereocenters. The molecule has 1 aromatic carbocycles. The highest BCUT2D eigenvalue weighted by molar-refractivity contribution is 5.23. The fourth-order valence-electron chi connectivity index (χ4n) is 2.89. The van der Waals surface area contributed by atoms with Crippen molar-refractivity contribution >= 4 is 0 Å². The Bertz CT molecular complexity index is 400. The molecule has 0 amide bonds. The molecule has 1 saturated heterocycles. The second-order valence-corrected chi connectivity index (χ2v) is 5.30. The smallest absolute Gasteiger partial charge is 0.128 e. The van der Waals surface area contributed by atoms with Crippen molar-refractivity contribution < 1.29 is 4.39 Å². The van der Waals surface area contributed by atoms with Gasteiger partial charge in [-0.25, -0.2) is 4.39 Å². The van der Waals surface area contributed by atoms with Gasteiger partial charge in [-0.1, -0.05) is 25.1 Å². The van der Waals surface area contributed by atoms with E-state index < -0.39 is 0 Å². The molecule has 0 aromatic heterocycles. The van der Waals surface area contributed by atoms with Gasteiger partial charge in [-0.3, -0.25) is 4.90 Å². The number of likely N-dealkylation sites (N-methyl/N-ethyl adjacent to an activating group) is 1. The van der Waals surface area contributed by atoms with Crippen molar-refractivity contribution in [2.45, 2.75) is 25.9 Å². The molecule has 1 aliphatic heterocycles. The summed E-state index contributed by atoms with van der Waals surface area (Å²) in [6.07, 6.45) is 0. The minimum atomic E-state index is -0.150. The van der Waals surface area contributed by atoms with Crippen LogP contribution in [0.25, 0.3) is 0 Å². The molecule has 1 fully saturated rings. The number of hydrogen-bond acceptors (Lipinski definition) is 3. The van der Waals surface area contributed by atoms with E-state index in [1.807, 2.05) is 19.1 Å². The van der Waals surface area contributed by atoms with Gasteiger partial charge in [0.1, 0.15) is 5.82 Å². The van der Waals surface area contributed by atoms with E-state index in [1.165, 1.54) is 6.07 Å². The Morgan fingerprint density at radius 3 is 2.37 bits per heavy atom. The van der Waals surface area contributed by atoms with Crippen molar-refractivity contribution in [1.29, 1.82) is 0 Å².